The average molecular weight is 728 g/mol. The molecular formula is C13H6Cl2Hg2NO5-. The molecule has 0 aliphatic carbocycles. The molecule has 23 heavy (non-hydrogen) atoms. The first kappa shape index (κ1) is 18.9. The summed E-state index contributed by atoms with van der Waals surface area (Å²) in [6, 6.07) is 7.13. The Balaban J connectivity index is 2.98. The second-order valence-electron chi connectivity index (χ2n) is 4.61. The van der Waals surface area contributed by atoms with E-state index in [4.69, 9.17) is 16.5 Å². The number of aromatic carboxylic acids is 1. The zero-order valence-electron chi connectivity index (χ0n) is 11.6. The van der Waals surface area contributed by atoms with E-state index >= 15 is 0 Å². The summed E-state index contributed by atoms with van der Waals surface area (Å²) in [5, 5.41) is 33.1. The molecule has 112 valence electrons. The van der Waals surface area contributed by atoms with Crippen LogP contribution in [0.1, 0.15) is 10.4 Å². The van der Waals surface area contributed by atoms with E-state index < -0.39 is 57.6 Å². The number of nitro groups is 1. The van der Waals surface area contributed by atoms with Crippen molar-refractivity contribution >= 4 is 34.3 Å². The van der Waals surface area contributed by atoms with Gasteiger partial charge >= 0.3 is 164 Å². The van der Waals surface area contributed by atoms with Gasteiger partial charge in [0.2, 0.25) is 0 Å². The molecule has 0 heterocycles. The van der Waals surface area contributed by atoms with Gasteiger partial charge in [-0.05, 0) is 0 Å². The molecule has 10 heteroatoms. The zero-order valence-corrected chi connectivity index (χ0v) is 24.1. The second kappa shape index (κ2) is 8.09. The quantitative estimate of drug-likeness (QED) is 0.282. The van der Waals surface area contributed by atoms with Crippen LogP contribution in [0.2, 0.25) is 0 Å². The predicted octanol–water partition coefficient (Wildman–Crippen LogP) is 1.05. The Labute approximate surface area is 162 Å². The van der Waals surface area contributed by atoms with Gasteiger partial charge in [0.1, 0.15) is 0 Å². The Morgan fingerprint density at radius 2 is 1.87 bits per heavy atom. The first-order valence-electron chi connectivity index (χ1n) is 6.37. The van der Waals surface area contributed by atoms with E-state index in [1.807, 2.05) is 0 Å². The summed E-state index contributed by atoms with van der Waals surface area (Å²) < 4.78 is 0.633. The molecule has 0 aliphatic rings. The Kier molecular flexibility index (Phi) is 6.65. The monoisotopic (exact) mass is 730 g/mol. The van der Waals surface area contributed by atoms with Gasteiger partial charge in [-0.3, -0.25) is 0 Å². The van der Waals surface area contributed by atoms with Gasteiger partial charge in [0.25, 0.3) is 0 Å². The van der Waals surface area contributed by atoms with Crippen LogP contribution in [0.3, 0.4) is 0 Å². The number of benzene rings is 2. The van der Waals surface area contributed by atoms with E-state index in [0.717, 1.165) is 0 Å². The number of aromatic hydroxyl groups is 1. The summed E-state index contributed by atoms with van der Waals surface area (Å²) in [7, 11) is 12.0. The minimum atomic E-state index is -2.34. The molecule has 0 unspecified atom stereocenters. The molecule has 1 N–H and O–H groups in total. The average Bonchev–Trinajstić information content (AvgIpc) is 2.53. The fraction of sp³-hybridized carbons (Fsp3) is 0. The van der Waals surface area contributed by atoms with E-state index in [1.54, 1.807) is 6.07 Å². The van der Waals surface area contributed by atoms with Crippen molar-refractivity contribution in [3.05, 3.63) is 46.0 Å². The first-order chi connectivity index (χ1) is 10.9. The number of phenols is 1. The number of halogens is 2. The van der Waals surface area contributed by atoms with Crippen LogP contribution in [-0.2, 0) is 46.7 Å². The van der Waals surface area contributed by atoms with Gasteiger partial charge in [-0.2, -0.15) is 0 Å². The normalized spacial score (nSPS) is 9.83. The van der Waals surface area contributed by atoms with Crippen LogP contribution in [0.5, 0.6) is 5.75 Å². The van der Waals surface area contributed by atoms with Crippen molar-refractivity contribution in [3.63, 3.8) is 0 Å². The third-order valence-corrected chi connectivity index (χ3v) is 15.2. The molecule has 0 aliphatic heterocycles. The number of hydrogen-bond acceptors (Lipinski definition) is 5. The molecule has 0 amide bonds. The topological polar surface area (TPSA) is 104 Å². The van der Waals surface area contributed by atoms with E-state index in [1.165, 1.54) is 24.3 Å². The third-order valence-electron chi connectivity index (χ3n) is 3.34. The molecule has 2 rings (SSSR count). The summed E-state index contributed by atoms with van der Waals surface area (Å²) in [6.45, 7) is 0. The van der Waals surface area contributed by atoms with Crippen molar-refractivity contribution in [2.45, 2.75) is 0 Å². The number of carboxylic acids is 1. The van der Waals surface area contributed by atoms with Crippen LogP contribution in [0.4, 0.5) is 5.69 Å². The van der Waals surface area contributed by atoms with Gasteiger partial charge in [0, 0.05) is 0 Å². The molecule has 0 radical (unpaired) electrons. The molecule has 2 aromatic carbocycles. The summed E-state index contributed by atoms with van der Waals surface area (Å²) in [5.41, 5.74) is -0.199. The maximum absolute atomic E-state index is 11.6. The Hall–Kier alpha value is -0.440. The SMILES string of the molecule is O=C([O-])c1ccccc1-c1[c]([Hg][Cl])c(O)c[c]([Hg][Cl])c1[N+](=O)[O-]. The van der Waals surface area contributed by atoms with Crippen molar-refractivity contribution < 1.29 is 66.6 Å². The van der Waals surface area contributed by atoms with Crippen LogP contribution in [0.15, 0.2) is 30.3 Å². The number of carbonyl (C=O) groups is 1. The molecule has 6 nitrogen and oxygen atoms in total. The third kappa shape index (κ3) is 3.81. The first-order valence-corrected chi connectivity index (χ1v) is 25.4. The van der Waals surface area contributed by atoms with Crippen molar-refractivity contribution in [2.24, 2.45) is 0 Å². The predicted molar refractivity (Wildman–Crippen MR) is 75.5 cm³/mol. The molecule has 2 aromatic rings. The van der Waals surface area contributed by atoms with Gasteiger partial charge in [-0.1, -0.05) is 0 Å². The molecule has 0 bridgehead atoms. The van der Waals surface area contributed by atoms with Crippen LogP contribution in [-0.4, -0.2) is 16.0 Å². The molecule has 0 saturated carbocycles. The van der Waals surface area contributed by atoms with Crippen molar-refractivity contribution in [3.8, 4) is 16.9 Å². The standard InChI is InChI=1S/C13H7NO5.2ClH.2Hg/c15-8-5-6-12(14(18)19)11(7-8)9-3-1-2-4-10(9)13(16)17;;;;/h1-5,15H,(H,16,17);2*1H;;/q;;;2*+1/p-3. The summed E-state index contributed by atoms with van der Waals surface area (Å²) in [5.74, 6) is -1.58. The molecule has 0 atom stereocenters. The minimum absolute atomic E-state index is 0.0853. The van der Waals surface area contributed by atoms with E-state index in [-0.39, 0.29) is 28.1 Å². The van der Waals surface area contributed by atoms with Crippen molar-refractivity contribution in [2.75, 3.05) is 0 Å². The van der Waals surface area contributed by atoms with Crippen molar-refractivity contribution in [1.82, 2.24) is 0 Å². The van der Waals surface area contributed by atoms with Crippen LogP contribution in [0, 0.1) is 10.1 Å². The molecular weight excluding hydrogens is 722 g/mol. The summed E-state index contributed by atoms with van der Waals surface area (Å²) in [4.78, 5) is 22.3. The van der Waals surface area contributed by atoms with E-state index in [2.05, 4.69) is 0 Å². The number of nitro benzene ring substituents is 1. The maximum atomic E-state index is 11.6. The summed E-state index contributed by atoms with van der Waals surface area (Å²) >= 11 is -4.60. The molecule has 0 fully saturated rings. The molecule has 0 aromatic heterocycles. The summed E-state index contributed by atoms with van der Waals surface area (Å²) in [6.07, 6.45) is 0. The molecule has 0 saturated heterocycles. The van der Waals surface area contributed by atoms with Crippen LogP contribution < -0.4 is 11.3 Å². The van der Waals surface area contributed by atoms with Gasteiger partial charge in [0.05, 0.1) is 0 Å². The number of phenolic OH excluding ortho intramolecular Hbond substituents is 1. The number of carboxylic acid groups (broad SMARTS) is 1. The van der Waals surface area contributed by atoms with Gasteiger partial charge in [-0.25, -0.2) is 0 Å². The Bertz CT molecular complexity index is 800. The van der Waals surface area contributed by atoms with Gasteiger partial charge < -0.3 is 0 Å². The fourth-order valence-electron chi connectivity index (χ4n) is 2.37. The number of nitrogens with zero attached hydrogens (tertiary/aromatic N) is 1. The van der Waals surface area contributed by atoms with Crippen molar-refractivity contribution in [1.29, 1.82) is 0 Å². The van der Waals surface area contributed by atoms with E-state index in [0.29, 0.717) is 6.14 Å². The number of hydrogen-bond donors (Lipinski definition) is 1. The van der Waals surface area contributed by atoms with Crippen LogP contribution >= 0.6 is 16.5 Å². The fourth-order valence-corrected chi connectivity index (χ4v) is 12.1. The Morgan fingerprint density at radius 1 is 1.22 bits per heavy atom. The number of carbonyl (C=O) groups excluding carboxylic acids is 1. The van der Waals surface area contributed by atoms with Gasteiger partial charge in [-0.15, -0.1) is 0 Å². The molecule has 0 spiro atoms. The number of rotatable bonds is 5. The van der Waals surface area contributed by atoms with E-state index in [9.17, 15) is 25.1 Å². The zero-order chi connectivity index (χ0) is 17.1. The Morgan fingerprint density at radius 3 is 2.39 bits per heavy atom. The van der Waals surface area contributed by atoms with Crippen LogP contribution in [0.25, 0.3) is 11.1 Å². The van der Waals surface area contributed by atoms with Gasteiger partial charge in [0.15, 0.2) is 0 Å². The second-order valence-corrected chi connectivity index (χ2v) is 17.1.